The number of carbonyl (C=O) groups excluding carboxylic acids is 1. The SMILES string of the molecule is O=C(Nc1ncc(Cc2ccccc2F)s1)[C@@H]1COc2ccccc2O1. The Bertz CT molecular complexity index is 944. The molecule has 2 aromatic carbocycles. The first kappa shape index (κ1) is 16.5. The smallest absolute Gasteiger partial charge is 0.270 e. The fourth-order valence-electron chi connectivity index (χ4n) is 2.61. The van der Waals surface area contributed by atoms with Crippen LogP contribution in [0.1, 0.15) is 10.4 Å². The van der Waals surface area contributed by atoms with E-state index in [1.54, 1.807) is 36.5 Å². The summed E-state index contributed by atoms with van der Waals surface area (Å²) in [5, 5.41) is 3.18. The molecule has 0 aliphatic carbocycles. The zero-order valence-corrected chi connectivity index (χ0v) is 14.5. The van der Waals surface area contributed by atoms with Crippen LogP contribution < -0.4 is 14.8 Å². The maximum atomic E-state index is 13.7. The Morgan fingerprint density at radius 2 is 1.96 bits per heavy atom. The monoisotopic (exact) mass is 370 g/mol. The maximum Gasteiger partial charge on any atom is 0.270 e. The van der Waals surface area contributed by atoms with Crippen molar-refractivity contribution in [3.8, 4) is 11.5 Å². The topological polar surface area (TPSA) is 60.5 Å². The predicted octanol–water partition coefficient (Wildman–Crippen LogP) is 3.65. The minimum Gasteiger partial charge on any atom is -0.485 e. The molecule has 1 aliphatic heterocycles. The molecular weight excluding hydrogens is 355 g/mol. The number of thiazole rings is 1. The minimum absolute atomic E-state index is 0.135. The lowest BCUT2D eigenvalue weighted by Gasteiger charge is -2.25. The van der Waals surface area contributed by atoms with E-state index in [9.17, 15) is 9.18 Å². The molecule has 1 aliphatic rings. The number of hydrogen-bond acceptors (Lipinski definition) is 5. The van der Waals surface area contributed by atoms with Gasteiger partial charge >= 0.3 is 0 Å². The molecule has 132 valence electrons. The van der Waals surface area contributed by atoms with Crippen molar-refractivity contribution in [1.29, 1.82) is 0 Å². The third-order valence-corrected chi connectivity index (χ3v) is 4.82. The van der Waals surface area contributed by atoms with Gasteiger partial charge in [-0.25, -0.2) is 9.37 Å². The zero-order chi connectivity index (χ0) is 17.9. The number of hydrogen-bond donors (Lipinski definition) is 1. The molecule has 5 nitrogen and oxygen atoms in total. The van der Waals surface area contributed by atoms with E-state index in [2.05, 4.69) is 10.3 Å². The lowest BCUT2D eigenvalue weighted by atomic mass is 10.1. The van der Waals surface area contributed by atoms with Crippen molar-refractivity contribution in [2.75, 3.05) is 11.9 Å². The zero-order valence-electron chi connectivity index (χ0n) is 13.6. The molecule has 3 aromatic rings. The number of amides is 1. The molecule has 1 amide bonds. The van der Waals surface area contributed by atoms with Gasteiger partial charge in [0.2, 0.25) is 6.10 Å². The van der Waals surface area contributed by atoms with Gasteiger partial charge in [-0.2, -0.15) is 0 Å². The number of ether oxygens (including phenoxy) is 2. The number of fused-ring (bicyclic) bond motifs is 1. The molecule has 0 fully saturated rings. The van der Waals surface area contributed by atoms with Crippen molar-refractivity contribution in [3.63, 3.8) is 0 Å². The first-order valence-electron chi connectivity index (χ1n) is 8.06. The second-order valence-electron chi connectivity index (χ2n) is 5.75. The highest BCUT2D eigenvalue weighted by atomic mass is 32.1. The number of para-hydroxylation sites is 2. The summed E-state index contributed by atoms with van der Waals surface area (Å²) >= 11 is 1.31. The van der Waals surface area contributed by atoms with Crippen LogP contribution in [0, 0.1) is 5.82 Å². The quantitative estimate of drug-likeness (QED) is 0.762. The Morgan fingerprint density at radius 3 is 2.81 bits per heavy atom. The molecule has 1 atom stereocenters. The Hall–Kier alpha value is -2.93. The number of benzene rings is 2. The van der Waals surface area contributed by atoms with E-state index >= 15 is 0 Å². The molecule has 0 spiro atoms. The molecule has 0 saturated carbocycles. The van der Waals surface area contributed by atoms with Crippen molar-refractivity contribution in [3.05, 3.63) is 71.0 Å². The normalized spacial score (nSPS) is 15.5. The van der Waals surface area contributed by atoms with Crippen molar-refractivity contribution in [2.45, 2.75) is 12.5 Å². The fraction of sp³-hybridized carbons (Fsp3) is 0.158. The number of carbonyl (C=O) groups is 1. The molecule has 1 N–H and O–H groups in total. The van der Waals surface area contributed by atoms with E-state index in [1.165, 1.54) is 17.4 Å². The number of nitrogens with one attached hydrogen (secondary N) is 1. The minimum atomic E-state index is -0.746. The van der Waals surface area contributed by atoms with Crippen LogP contribution in [0.3, 0.4) is 0 Å². The van der Waals surface area contributed by atoms with E-state index in [1.807, 2.05) is 12.1 Å². The van der Waals surface area contributed by atoms with Crippen molar-refractivity contribution < 1.29 is 18.7 Å². The third-order valence-electron chi connectivity index (χ3n) is 3.91. The third kappa shape index (κ3) is 3.52. The van der Waals surface area contributed by atoms with E-state index in [0.29, 0.717) is 28.6 Å². The van der Waals surface area contributed by atoms with Crippen LogP contribution >= 0.6 is 11.3 Å². The molecular formula is C19H15FN2O3S. The Morgan fingerprint density at radius 1 is 1.19 bits per heavy atom. The number of anilines is 1. The van der Waals surface area contributed by atoms with Crippen LogP contribution in [-0.2, 0) is 11.2 Å². The van der Waals surface area contributed by atoms with Gasteiger partial charge in [-0.3, -0.25) is 10.1 Å². The summed E-state index contributed by atoms with van der Waals surface area (Å²) in [4.78, 5) is 17.4. The highest BCUT2D eigenvalue weighted by Gasteiger charge is 2.27. The summed E-state index contributed by atoms with van der Waals surface area (Å²) in [5.74, 6) is 0.584. The van der Waals surface area contributed by atoms with Crippen LogP contribution in [0.5, 0.6) is 11.5 Å². The number of aromatic nitrogens is 1. The van der Waals surface area contributed by atoms with Gasteiger partial charge in [0.1, 0.15) is 12.4 Å². The van der Waals surface area contributed by atoms with E-state index in [-0.39, 0.29) is 18.3 Å². The average Bonchev–Trinajstić information content (AvgIpc) is 3.10. The van der Waals surface area contributed by atoms with Gasteiger partial charge in [0.15, 0.2) is 16.6 Å². The molecule has 26 heavy (non-hydrogen) atoms. The fourth-order valence-corrected chi connectivity index (χ4v) is 3.45. The summed E-state index contributed by atoms with van der Waals surface area (Å²) in [7, 11) is 0. The lowest BCUT2D eigenvalue weighted by Crippen LogP contribution is -2.40. The molecule has 4 rings (SSSR count). The van der Waals surface area contributed by atoms with Gasteiger partial charge in [-0.1, -0.05) is 30.3 Å². The van der Waals surface area contributed by atoms with Gasteiger partial charge in [0.05, 0.1) is 0 Å². The maximum absolute atomic E-state index is 13.7. The Kier molecular flexibility index (Phi) is 4.53. The van der Waals surface area contributed by atoms with E-state index in [4.69, 9.17) is 9.47 Å². The van der Waals surface area contributed by atoms with Gasteiger partial charge < -0.3 is 9.47 Å². The van der Waals surface area contributed by atoms with E-state index < -0.39 is 6.10 Å². The molecule has 7 heteroatoms. The van der Waals surface area contributed by atoms with Crippen LogP contribution in [0.4, 0.5) is 9.52 Å². The van der Waals surface area contributed by atoms with Crippen molar-refractivity contribution in [2.24, 2.45) is 0 Å². The Balaban J connectivity index is 1.40. The van der Waals surface area contributed by atoms with Crippen LogP contribution in [-0.4, -0.2) is 23.6 Å². The second-order valence-corrected chi connectivity index (χ2v) is 6.87. The van der Waals surface area contributed by atoms with E-state index in [0.717, 1.165) is 4.88 Å². The number of nitrogens with zero attached hydrogens (tertiary/aromatic N) is 1. The highest BCUT2D eigenvalue weighted by molar-refractivity contribution is 7.15. The predicted molar refractivity (Wildman–Crippen MR) is 96.3 cm³/mol. The summed E-state index contributed by atoms with van der Waals surface area (Å²) in [6, 6.07) is 13.8. The first-order chi connectivity index (χ1) is 12.7. The van der Waals surface area contributed by atoms with Crippen LogP contribution in [0.25, 0.3) is 0 Å². The molecule has 0 bridgehead atoms. The van der Waals surface area contributed by atoms with Crippen molar-refractivity contribution >= 4 is 22.4 Å². The molecule has 2 heterocycles. The summed E-state index contributed by atoms with van der Waals surface area (Å²) in [6.45, 7) is 0.135. The van der Waals surface area contributed by atoms with Gasteiger partial charge in [0, 0.05) is 17.5 Å². The summed E-state index contributed by atoms with van der Waals surface area (Å²) in [5.41, 5.74) is 0.592. The molecule has 1 aromatic heterocycles. The average molecular weight is 370 g/mol. The highest BCUT2D eigenvalue weighted by Crippen LogP contribution is 2.31. The molecule has 0 unspecified atom stereocenters. The van der Waals surface area contributed by atoms with Crippen LogP contribution in [0.2, 0.25) is 0 Å². The van der Waals surface area contributed by atoms with Gasteiger partial charge in [0.25, 0.3) is 5.91 Å². The van der Waals surface area contributed by atoms with Gasteiger partial charge in [-0.05, 0) is 23.8 Å². The summed E-state index contributed by atoms with van der Waals surface area (Å²) < 4.78 is 25.0. The first-order valence-corrected chi connectivity index (χ1v) is 8.88. The standard InChI is InChI=1S/C19H15FN2O3S/c20-14-6-2-1-5-12(14)9-13-10-21-19(26-13)22-18(23)17-11-24-15-7-3-4-8-16(15)25-17/h1-8,10,17H,9,11H2,(H,21,22,23)/t17-/m0/s1. The number of rotatable bonds is 4. The van der Waals surface area contributed by atoms with Crippen LogP contribution in [0.15, 0.2) is 54.7 Å². The van der Waals surface area contributed by atoms with Crippen molar-refractivity contribution in [1.82, 2.24) is 4.98 Å². The second kappa shape index (κ2) is 7.13. The molecule has 0 saturated heterocycles. The number of halogens is 1. The molecule has 0 radical (unpaired) electrons. The van der Waals surface area contributed by atoms with Gasteiger partial charge in [-0.15, -0.1) is 11.3 Å². The lowest BCUT2D eigenvalue weighted by molar-refractivity contribution is -0.125. The largest absolute Gasteiger partial charge is 0.485 e. The Labute approximate surface area is 153 Å². The summed E-state index contributed by atoms with van der Waals surface area (Å²) in [6.07, 6.45) is 1.32.